The number of halogens is 2. The predicted molar refractivity (Wildman–Crippen MR) is 152 cm³/mol. The van der Waals surface area contributed by atoms with Gasteiger partial charge in [-0.3, -0.25) is 9.80 Å². The van der Waals surface area contributed by atoms with Crippen molar-refractivity contribution in [1.82, 2.24) is 9.62 Å². The number of anilines is 2. The minimum atomic E-state index is -3.28. The van der Waals surface area contributed by atoms with Crippen molar-refractivity contribution in [2.45, 2.75) is 12.5 Å². The van der Waals surface area contributed by atoms with Crippen LogP contribution in [-0.4, -0.2) is 57.8 Å². The lowest BCUT2D eigenvalue weighted by Gasteiger charge is -2.26. The molecule has 0 spiro atoms. The molecule has 3 aromatic carbocycles. The van der Waals surface area contributed by atoms with Gasteiger partial charge in [-0.25, -0.2) is 17.9 Å². The van der Waals surface area contributed by atoms with Crippen LogP contribution in [0.25, 0.3) is 11.1 Å². The van der Waals surface area contributed by atoms with Crippen molar-refractivity contribution in [3.63, 3.8) is 0 Å². The lowest BCUT2D eigenvalue weighted by Crippen LogP contribution is -2.42. The van der Waals surface area contributed by atoms with Crippen LogP contribution < -0.4 is 14.9 Å². The molecule has 11 heteroatoms. The molecule has 1 aliphatic heterocycles. The fourth-order valence-electron chi connectivity index (χ4n) is 4.44. The minimum Gasteiger partial charge on any atom is -0.307 e. The number of carbonyl (C=O) groups is 1. The lowest BCUT2D eigenvalue weighted by molar-refractivity contribution is 0.255. The number of urea groups is 1. The van der Waals surface area contributed by atoms with E-state index in [0.717, 1.165) is 23.9 Å². The largest absolute Gasteiger partial charge is 0.326 e. The van der Waals surface area contributed by atoms with Gasteiger partial charge in [-0.1, -0.05) is 47.5 Å². The zero-order valence-electron chi connectivity index (χ0n) is 20.7. The average molecular weight is 573 g/mol. The van der Waals surface area contributed by atoms with E-state index < -0.39 is 10.0 Å². The molecule has 38 heavy (non-hydrogen) atoms. The topological polar surface area (TPSA) is 106 Å². The number of nitrogens with one attached hydrogen (secondary N) is 2. The maximum atomic E-state index is 13.4. The van der Waals surface area contributed by atoms with Crippen LogP contribution in [-0.2, 0) is 10.0 Å². The first-order valence-corrected chi connectivity index (χ1v) is 14.6. The van der Waals surface area contributed by atoms with Gasteiger partial charge in [0.1, 0.15) is 0 Å². The number of nitriles is 1. The number of sulfonamides is 1. The van der Waals surface area contributed by atoms with Gasteiger partial charge in [0.05, 0.1) is 17.9 Å². The van der Waals surface area contributed by atoms with Crippen LogP contribution in [0.15, 0.2) is 66.7 Å². The summed E-state index contributed by atoms with van der Waals surface area (Å²) in [7, 11) is -3.28. The molecule has 1 aliphatic rings. The summed E-state index contributed by atoms with van der Waals surface area (Å²) < 4.78 is 25.8. The first-order chi connectivity index (χ1) is 18.1. The third-order valence-corrected chi connectivity index (χ3v) is 7.35. The van der Waals surface area contributed by atoms with E-state index in [1.54, 1.807) is 29.2 Å². The minimum absolute atomic E-state index is 0.149. The van der Waals surface area contributed by atoms with E-state index >= 15 is 0 Å². The number of benzene rings is 3. The number of hydrogen-bond acceptors (Lipinski definition) is 5. The van der Waals surface area contributed by atoms with Gasteiger partial charge in [0.15, 0.2) is 0 Å². The molecule has 1 saturated heterocycles. The van der Waals surface area contributed by atoms with Gasteiger partial charge in [-0.05, 0) is 66.6 Å². The lowest BCUT2D eigenvalue weighted by atomic mass is 10.0. The number of likely N-dealkylation sites (tertiary alicyclic amines) is 1. The Balaban J connectivity index is 1.53. The molecule has 3 aromatic rings. The second kappa shape index (κ2) is 12.2. The first-order valence-electron chi connectivity index (χ1n) is 11.9. The second-order valence-corrected chi connectivity index (χ2v) is 11.8. The van der Waals surface area contributed by atoms with Gasteiger partial charge < -0.3 is 5.32 Å². The molecule has 4 rings (SSSR count). The van der Waals surface area contributed by atoms with E-state index in [1.165, 1.54) is 0 Å². The maximum absolute atomic E-state index is 13.4. The Hall–Kier alpha value is -3.13. The fourth-order valence-corrected chi connectivity index (χ4v) is 5.77. The van der Waals surface area contributed by atoms with Crippen LogP contribution in [0.1, 0.15) is 12.0 Å². The molecule has 0 bridgehead atoms. The van der Waals surface area contributed by atoms with E-state index in [-0.39, 0.29) is 12.1 Å². The highest BCUT2D eigenvalue weighted by atomic mass is 35.5. The van der Waals surface area contributed by atoms with Gasteiger partial charge >= 0.3 is 6.03 Å². The van der Waals surface area contributed by atoms with E-state index in [9.17, 15) is 18.5 Å². The number of nitrogens with zero attached hydrogens (tertiary/aromatic N) is 3. The Morgan fingerprint density at radius 3 is 2.45 bits per heavy atom. The molecular formula is C27H27Cl2N5O3S. The number of hydrogen-bond donors (Lipinski definition) is 2. The molecule has 2 N–H and O–H groups in total. The second-order valence-electron chi connectivity index (χ2n) is 9.16. The summed E-state index contributed by atoms with van der Waals surface area (Å²) in [6.07, 6.45) is 1.86. The summed E-state index contributed by atoms with van der Waals surface area (Å²) in [6, 6.07) is 21.3. The number of amides is 2. The Labute approximate surface area is 232 Å². The molecule has 0 radical (unpaired) electrons. The van der Waals surface area contributed by atoms with Crippen LogP contribution in [0.5, 0.6) is 0 Å². The predicted octanol–water partition coefficient (Wildman–Crippen LogP) is 5.19. The molecular weight excluding hydrogens is 545 g/mol. The first kappa shape index (κ1) is 27.9. The van der Waals surface area contributed by atoms with E-state index in [2.05, 4.69) is 21.0 Å². The van der Waals surface area contributed by atoms with E-state index in [0.29, 0.717) is 53.0 Å². The van der Waals surface area contributed by atoms with Gasteiger partial charge in [0.25, 0.3) is 0 Å². The van der Waals surface area contributed by atoms with Crippen molar-refractivity contribution in [3.05, 3.63) is 82.3 Å². The highest BCUT2D eigenvalue weighted by molar-refractivity contribution is 7.88. The average Bonchev–Trinajstić information content (AvgIpc) is 3.29. The van der Waals surface area contributed by atoms with E-state index in [1.807, 2.05) is 42.5 Å². The third kappa shape index (κ3) is 7.69. The molecule has 1 unspecified atom stereocenters. The fraction of sp³-hybridized carbons (Fsp3) is 0.259. The van der Waals surface area contributed by atoms with Crippen LogP contribution in [0.2, 0.25) is 10.0 Å². The Bertz CT molecular complexity index is 1440. The molecule has 1 heterocycles. The quantitative estimate of drug-likeness (QED) is 0.387. The molecule has 1 atom stereocenters. The number of carbonyl (C=O) groups excluding carboxylic acids is 1. The van der Waals surface area contributed by atoms with Crippen molar-refractivity contribution < 1.29 is 13.2 Å². The van der Waals surface area contributed by atoms with Crippen molar-refractivity contribution in [2.24, 2.45) is 0 Å². The van der Waals surface area contributed by atoms with Crippen LogP contribution in [0.3, 0.4) is 0 Å². The van der Waals surface area contributed by atoms with E-state index in [4.69, 9.17) is 23.2 Å². The third-order valence-electron chi connectivity index (χ3n) is 6.16. The Kier molecular flexibility index (Phi) is 8.92. The molecule has 0 aliphatic carbocycles. The van der Waals surface area contributed by atoms with Gasteiger partial charge in [-0.15, -0.1) is 0 Å². The van der Waals surface area contributed by atoms with Crippen LogP contribution in [0, 0.1) is 11.3 Å². The normalized spacial score (nSPS) is 15.7. The molecule has 1 fully saturated rings. The molecule has 0 saturated carbocycles. The smallest absolute Gasteiger partial charge is 0.307 e. The SMILES string of the molecule is CS(=O)(=O)NC1CCN(CCN(C(=O)Nc2cc(Cl)cc(Cl)c2)c2ccc(-c3cccc(C#N)c3)cc2)C1. The summed E-state index contributed by atoms with van der Waals surface area (Å²) >= 11 is 12.2. The molecule has 0 aromatic heterocycles. The van der Waals surface area contributed by atoms with Gasteiger partial charge in [-0.2, -0.15) is 5.26 Å². The molecule has 198 valence electrons. The zero-order chi connectivity index (χ0) is 27.3. The summed E-state index contributed by atoms with van der Waals surface area (Å²) in [5.41, 5.74) is 3.55. The van der Waals surface area contributed by atoms with Gasteiger partial charge in [0.2, 0.25) is 10.0 Å². The van der Waals surface area contributed by atoms with Crippen molar-refractivity contribution in [3.8, 4) is 17.2 Å². The summed E-state index contributed by atoms with van der Waals surface area (Å²) in [4.78, 5) is 17.2. The van der Waals surface area contributed by atoms with Crippen LogP contribution in [0.4, 0.5) is 16.2 Å². The highest BCUT2D eigenvalue weighted by Crippen LogP contribution is 2.26. The standard InChI is InChI=1S/C27H27Cl2N5O3S/c1-38(36,37)32-24-9-10-33(18-24)11-12-34(27(35)31-25-15-22(28)14-23(29)16-25)26-7-5-20(6-8-26)21-4-2-3-19(13-21)17-30/h2-8,13-16,24,32H,9-12,18H2,1H3,(H,31,35). The van der Waals surface area contributed by atoms with Crippen molar-refractivity contribution in [1.29, 1.82) is 5.26 Å². The number of rotatable bonds is 8. The van der Waals surface area contributed by atoms with Crippen molar-refractivity contribution >= 4 is 50.6 Å². The Morgan fingerprint density at radius 1 is 1.08 bits per heavy atom. The highest BCUT2D eigenvalue weighted by Gasteiger charge is 2.26. The van der Waals surface area contributed by atoms with Gasteiger partial charge in [0, 0.05) is 47.1 Å². The molecule has 8 nitrogen and oxygen atoms in total. The monoisotopic (exact) mass is 571 g/mol. The van der Waals surface area contributed by atoms with Crippen LogP contribution >= 0.6 is 23.2 Å². The summed E-state index contributed by atoms with van der Waals surface area (Å²) in [6.45, 7) is 2.22. The Morgan fingerprint density at radius 2 is 1.79 bits per heavy atom. The van der Waals surface area contributed by atoms with Crippen molar-refractivity contribution in [2.75, 3.05) is 42.7 Å². The zero-order valence-corrected chi connectivity index (χ0v) is 23.0. The summed E-state index contributed by atoms with van der Waals surface area (Å²) in [5, 5.41) is 12.9. The summed E-state index contributed by atoms with van der Waals surface area (Å²) in [5.74, 6) is 0. The molecule has 2 amide bonds. The maximum Gasteiger partial charge on any atom is 0.326 e.